The van der Waals surface area contributed by atoms with Crippen molar-refractivity contribution in [2.24, 2.45) is 0 Å². The smallest absolute Gasteiger partial charge is 0.351 e. The van der Waals surface area contributed by atoms with E-state index in [1.54, 1.807) is 45.9 Å². The molecule has 166 valence electrons. The molecule has 0 unspecified atom stereocenters. The van der Waals surface area contributed by atoms with Crippen LogP contribution in [0.5, 0.6) is 0 Å². The maximum Gasteiger partial charge on any atom is 0.351 e. The van der Waals surface area contributed by atoms with Crippen LogP contribution in [0.1, 0.15) is 33.3 Å². The summed E-state index contributed by atoms with van der Waals surface area (Å²) >= 11 is 0. The first kappa shape index (κ1) is 22.5. The number of fused-ring (bicyclic) bond motifs is 1. The number of carbonyl (C=O) groups is 3. The van der Waals surface area contributed by atoms with Crippen molar-refractivity contribution in [1.82, 2.24) is 4.98 Å². The monoisotopic (exact) mass is 430 g/mol. The van der Waals surface area contributed by atoms with Gasteiger partial charge in [-0.15, -0.1) is 0 Å². The number of anilines is 1. The molecule has 0 radical (unpaired) electrons. The number of ether oxygens (including phenoxy) is 3. The molecule has 0 bridgehead atoms. The normalized spacial score (nSPS) is 18.0. The number of rotatable bonds is 4. The Balaban J connectivity index is 1.96. The second-order valence-electron chi connectivity index (χ2n) is 8.34. The van der Waals surface area contributed by atoms with Crippen molar-refractivity contribution in [2.75, 3.05) is 18.1 Å². The molecule has 1 aliphatic rings. The van der Waals surface area contributed by atoms with E-state index in [1.165, 1.54) is 11.0 Å². The summed E-state index contributed by atoms with van der Waals surface area (Å²) in [7, 11) is 0. The fourth-order valence-corrected chi connectivity index (χ4v) is 3.48. The Morgan fingerprint density at radius 1 is 1.19 bits per heavy atom. The first-order valence-corrected chi connectivity index (χ1v) is 9.93. The molecule has 2 aromatic rings. The van der Waals surface area contributed by atoms with Crippen LogP contribution in [0.4, 0.5) is 5.69 Å². The van der Waals surface area contributed by atoms with Gasteiger partial charge < -0.3 is 24.1 Å². The van der Waals surface area contributed by atoms with Crippen molar-refractivity contribution in [1.29, 1.82) is 0 Å². The number of pyridine rings is 1. The van der Waals surface area contributed by atoms with Gasteiger partial charge in [0.25, 0.3) is 5.91 Å². The number of esters is 2. The number of benzene rings is 1. The number of amides is 1. The molecule has 1 saturated heterocycles. The van der Waals surface area contributed by atoms with Crippen molar-refractivity contribution < 1.29 is 28.6 Å². The van der Waals surface area contributed by atoms with E-state index in [1.807, 2.05) is 0 Å². The lowest BCUT2D eigenvalue weighted by molar-refractivity contribution is -0.188. The molecular weight excluding hydrogens is 404 g/mol. The van der Waals surface area contributed by atoms with Gasteiger partial charge in [0.1, 0.15) is 5.60 Å². The number of hydrogen-bond donors (Lipinski definition) is 1. The number of morpholine rings is 1. The minimum absolute atomic E-state index is 0.125. The van der Waals surface area contributed by atoms with Crippen LogP contribution >= 0.6 is 0 Å². The quantitative estimate of drug-likeness (QED) is 0.736. The molecule has 1 aliphatic heterocycles. The summed E-state index contributed by atoms with van der Waals surface area (Å²) < 4.78 is 16.0. The van der Waals surface area contributed by atoms with Gasteiger partial charge in [0.2, 0.25) is 11.7 Å². The third kappa shape index (κ3) is 4.93. The lowest BCUT2D eigenvalue weighted by atomic mass is 10.0. The highest BCUT2D eigenvalue weighted by Gasteiger charge is 2.44. The highest BCUT2D eigenvalue weighted by molar-refractivity contribution is 6.03. The van der Waals surface area contributed by atoms with Crippen molar-refractivity contribution in [2.45, 2.75) is 52.4 Å². The minimum Gasteiger partial charge on any atom is -0.457 e. The van der Waals surface area contributed by atoms with E-state index in [-0.39, 0.29) is 18.7 Å². The second kappa shape index (κ2) is 8.50. The second-order valence-corrected chi connectivity index (χ2v) is 8.34. The fourth-order valence-electron chi connectivity index (χ4n) is 3.48. The van der Waals surface area contributed by atoms with Crippen LogP contribution in [0.3, 0.4) is 0 Å². The zero-order chi connectivity index (χ0) is 22.9. The lowest BCUT2D eigenvalue weighted by Crippen LogP contribution is -2.56. The molecule has 2 heterocycles. The molecule has 0 aliphatic carbocycles. The number of aromatic nitrogens is 1. The van der Waals surface area contributed by atoms with Crippen LogP contribution in [-0.2, 0) is 28.6 Å². The van der Waals surface area contributed by atoms with E-state index in [4.69, 9.17) is 14.2 Å². The molecular formula is C22H26N2O7. The number of nitrogens with one attached hydrogen (secondary N) is 1. The van der Waals surface area contributed by atoms with Crippen molar-refractivity contribution in [3.05, 3.63) is 40.2 Å². The highest BCUT2D eigenvalue weighted by atomic mass is 16.6. The number of aryl methyl sites for hydroxylation is 1. The van der Waals surface area contributed by atoms with Crippen LogP contribution < -0.4 is 10.5 Å². The molecule has 1 fully saturated rings. The average molecular weight is 430 g/mol. The molecule has 31 heavy (non-hydrogen) atoms. The van der Waals surface area contributed by atoms with Gasteiger partial charge in [-0.25, -0.2) is 4.79 Å². The van der Waals surface area contributed by atoms with Crippen LogP contribution in [0.25, 0.3) is 10.9 Å². The summed E-state index contributed by atoms with van der Waals surface area (Å²) in [5, 5.41) is 0.824. The van der Waals surface area contributed by atoms with Crippen molar-refractivity contribution in [3.8, 4) is 0 Å². The summed E-state index contributed by atoms with van der Waals surface area (Å²) in [5.41, 5.74) is 0.792. The minimum atomic E-state index is -1.53. The molecule has 0 saturated carbocycles. The third-order valence-corrected chi connectivity index (χ3v) is 4.75. The van der Waals surface area contributed by atoms with Crippen LogP contribution in [0.15, 0.2) is 29.1 Å². The maximum atomic E-state index is 13.3. The summed E-state index contributed by atoms with van der Waals surface area (Å²) in [4.78, 5) is 53.6. The van der Waals surface area contributed by atoms with E-state index in [0.717, 1.165) is 12.3 Å². The number of H-pyrrole nitrogens is 1. The maximum absolute atomic E-state index is 13.3. The summed E-state index contributed by atoms with van der Waals surface area (Å²) in [6.45, 7) is 8.31. The predicted octanol–water partition coefficient (Wildman–Crippen LogP) is 1.84. The number of aromatic amines is 1. The Morgan fingerprint density at radius 2 is 1.87 bits per heavy atom. The highest BCUT2D eigenvalue weighted by Crippen LogP contribution is 2.29. The van der Waals surface area contributed by atoms with Crippen LogP contribution in [-0.4, -0.2) is 53.8 Å². The zero-order valence-electron chi connectivity index (χ0n) is 18.2. The van der Waals surface area contributed by atoms with Gasteiger partial charge in [0, 0.05) is 25.2 Å². The molecule has 9 nitrogen and oxygen atoms in total. The molecule has 1 N–H and O–H groups in total. The summed E-state index contributed by atoms with van der Waals surface area (Å²) in [6, 6.07) is 6.70. The Labute approximate surface area is 179 Å². The van der Waals surface area contributed by atoms with Gasteiger partial charge in [-0.3, -0.25) is 14.4 Å². The van der Waals surface area contributed by atoms with E-state index >= 15 is 0 Å². The Kier molecular flexibility index (Phi) is 6.17. The standard InChI is InChI=1S/C22H26N2O7/c1-12-15(8-6-14-7-9-16(26)23-17(12)14)24-10-11-29-18(20(24)27)19(30-13(2)25)21(28)31-22(3,4)5/h6-9,18-19H,10-11H2,1-5H3,(H,23,26)/t18-,19-/m1/s1. The Bertz CT molecular complexity index is 1080. The largest absolute Gasteiger partial charge is 0.457 e. The molecule has 1 aromatic carbocycles. The van der Waals surface area contributed by atoms with E-state index in [2.05, 4.69) is 4.98 Å². The number of carbonyl (C=O) groups excluding carboxylic acids is 3. The van der Waals surface area contributed by atoms with E-state index in [9.17, 15) is 19.2 Å². The van der Waals surface area contributed by atoms with Gasteiger partial charge in [0.05, 0.1) is 12.1 Å². The lowest BCUT2D eigenvalue weighted by Gasteiger charge is -2.36. The average Bonchev–Trinajstić information content (AvgIpc) is 2.66. The van der Waals surface area contributed by atoms with Crippen molar-refractivity contribution in [3.63, 3.8) is 0 Å². The molecule has 3 rings (SSSR count). The number of hydrogen-bond acceptors (Lipinski definition) is 7. The van der Waals surface area contributed by atoms with E-state index < -0.39 is 35.7 Å². The molecule has 1 amide bonds. The SMILES string of the molecule is CC(=O)O[C@@H](C(=O)OC(C)(C)C)[C@H]1OCCN(c2ccc3ccc(=O)[nH]c3c2C)C1=O. The molecule has 9 heteroatoms. The van der Waals surface area contributed by atoms with Gasteiger partial charge in [0.15, 0.2) is 6.10 Å². The zero-order valence-corrected chi connectivity index (χ0v) is 18.2. The fraction of sp³-hybridized carbons (Fsp3) is 0.455. The summed E-state index contributed by atoms with van der Waals surface area (Å²) in [6.07, 6.45) is -2.88. The Hall–Kier alpha value is -3.20. The molecule has 2 atom stereocenters. The summed E-state index contributed by atoms with van der Waals surface area (Å²) in [5.74, 6) is -2.13. The van der Waals surface area contributed by atoms with Gasteiger partial charge in [-0.2, -0.15) is 0 Å². The first-order chi connectivity index (χ1) is 14.5. The molecule has 1 aromatic heterocycles. The molecule has 0 spiro atoms. The van der Waals surface area contributed by atoms with Crippen LogP contribution in [0, 0.1) is 6.92 Å². The van der Waals surface area contributed by atoms with Gasteiger partial charge >= 0.3 is 11.9 Å². The van der Waals surface area contributed by atoms with Gasteiger partial charge in [-0.05, 0) is 50.8 Å². The Morgan fingerprint density at radius 3 is 2.52 bits per heavy atom. The van der Waals surface area contributed by atoms with Crippen molar-refractivity contribution >= 4 is 34.4 Å². The van der Waals surface area contributed by atoms with E-state index in [0.29, 0.717) is 16.8 Å². The number of nitrogens with zero attached hydrogens (tertiary/aromatic N) is 1. The third-order valence-electron chi connectivity index (χ3n) is 4.75. The van der Waals surface area contributed by atoms with Crippen LogP contribution in [0.2, 0.25) is 0 Å². The first-order valence-electron chi connectivity index (χ1n) is 9.93. The topological polar surface area (TPSA) is 115 Å². The van der Waals surface area contributed by atoms with Gasteiger partial charge in [-0.1, -0.05) is 6.07 Å². The predicted molar refractivity (Wildman–Crippen MR) is 113 cm³/mol.